The predicted octanol–water partition coefficient (Wildman–Crippen LogP) is 5.08. The lowest BCUT2D eigenvalue weighted by atomic mass is 10.3. The average Bonchev–Trinajstić information content (AvgIpc) is 2.12. The minimum absolute atomic E-state index is 0.282. The molecule has 1 nitrogen and oxygen atoms in total. The summed E-state index contributed by atoms with van der Waals surface area (Å²) in [5.74, 6) is -0.604. The van der Waals surface area contributed by atoms with E-state index < -0.39 is 24.2 Å². The zero-order valence-electron chi connectivity index (χ0n) is 8.24. The third-order valence-electron chi connectivity index (χ3n) is 1.67. The van der Waals surface area contributed by atoms with Crippen molar-refractivity contribution in [2.45, 2.75) is 18.5 Å². The fraction of sp³-hybridized carbons (Fsp3) is 0.333. The molecule has 1 atom stereocenters. The Kier molecular flexibility index (Phi) is 4.58. The summed E-state index contributed by atoms with van der Waals surface area (Å²) in [6.45, 7) is 0. The van der Waals surface area contributed by atoms with Gasteiger partial charge in [-0.2, -0.15) is 22.0 Å². The maximum Gasteiger partial charge on any atom is 0.439 e. The minimum Gasteiger partial charge on any atom is -0.430 e. The minimum atomic E-state index is -5.70. The van der Waals surface area contributed by atoms with Gasteiger partial charge in [0.1, 0.15) is 5.75 Å². The van der Waals surface area contributed by atoms with E-state index in [1.807, 2.05) is 0 Å². The fourth-order valence-corrected chi connectivity index (χ4v) is 2.24. The molecule has 0 spiro atoms. The summed E-state index contributed by atoms with van der Waals surface area (Å²) in [5.41, 5.74) is 0. The van der Waals surface area contributed by atoms with Crippen molar-refractivity contribution in [3.63, 3.8) is 0 Å². The zero-order valence-corrected chi connectivity index (χ0v) is 11.4. The van der Waals surface area contributed by atoms with E-state index in [9.17, 15) is 26.3 Å². The highest BCUT2D eigenvalue weighted by Gasteiger charge is 2.59. The third-order valence-corrected chi connectivity index (χ3v) is 2.59. The van der Waals surface area contributed by atoms with Crippen LogP contribution in [0, 0.1) is 0 Å². The van der Waals surface area contributed by atoms with E-state index in [2.05, 4.69) is 36.6 Å². The van der Waals surface area contributed by atoms with Crippen LogP contribution in [0.5, 0.6) is 5.75 Å². The number of rotatable bonds is 3. The van der Waals surface area contributed by atoms with Crippen molar-refractivity contribution in [3.8, 4) is 5.75 Å². The average molecular weight is 402 g/mol. The summed E-state index contributed by atoms with van der Waals surface area (Å²) in [7, 11) is 0. The quantitative estimate of drug-likeness (QED) is 0.641. The Labute approximate surface area is 114 Å². The molecule has 9 heteroatoms. The van der Waals surface area contributed by atoms with Gasteiger partial charge >= 0.3 is 12.3 Å². The number of hydrogen-bond acceptors (Lipinski definition) is 1. The smallest absolute Gasteiger partial charge is 0.430 e. The second kappa shape index (κ2) is 5.28. The topological polar surface area (TPSA) is 9.23 Å². The van der Waals surface area contributed by atoms with Crippen LogP contribution in [0.3, 0.4) is 0 Å². The van der Waals surface area contributed by atoms with E-state index in [1.54, 1.807) is 0 Å². The molecule has 0 saturated carbocycles. The Morgan fingerprint density at radius 3 is 1.78 bits per heavy atom. The van der Waals surface area contributed by atoms with Crippen LogP contribution >= 0.6 is 31.9 Å². The lowest BCUT2D eigenvalue weighted by Crippen LogP contribution is -2.45. The Hall–Kier alpha value is -0.440. The summed E-state index contributed by atoms with van der Waals surface area (Å²) in [5, 5.41) is 0. The largest absolute Gasteiger partial charge is 0.439 e. The summed E-state index contributed by atoms with van der Waals surface area (Å²) in [4.78, 5) is 0. The first-order valence-electron chi connectivity index (χ1n) is 4.26. The molecule has 0 aliphatic heterocycles. The molecule has 0 fully saturated rings. The Balaban J connectivity index is 2.95. The molecule has 0 N–H and O–H groups in total. The van der Waals surface area contributed by atoms with Crippen LogP contribution in [-0.4, -0.2) is 18.5 Å². The Bertz CT molecular complexity index is 413. The van der Waals surface area contributed by atoms with E-state index in [0.717, 1.165) is 12.1 Å². The van der Waals surface area contributed by atoms with Crippen LogP contribution in [0.2, 0.25) is 0 Å². The highest BCUT2D eigenvalue weighted by atomic mass is 79.9. The number of benzene rings is 1. The van der Waals surface area contributed by atoms with Gasteiger partial charge in [-0.3, -0.25) is 0 Å². The maximum atomic E-state index is 12.9. The van der Waals surface area contributed by atoms with Crippen LogP contribution in [0.4, 0.5) is 26.3 Å². The lowest BCUT2D eigenvalue weighted by molar-refractivity contribution is -0.305. The van der Waals surface area contributed by atoms with E-state index in [-0.39, 0.29) is 8.95 Å². The SMILES string of the molecule is FC(C(F)(F)F)C(F)(F)Oc1cc(Br)cc(Br)c1. The number of ether oxygens (including phenoxy) is 1. The van der Waals surface area contributed by atoms with Crippen LogP contribution in [-0.2, 0) is 0 Å². The molecule has 1 unspecified atom stereocenters. The lowest BCUT2D eigenvalue weighted by Gasteiger charge is -2.23. The third kappa shape index (κ3) is 4.04. The summed E-state index contributed by atoms with van der Waals surface area (Å²) < 4.78 is 78.3. The first-order valence-corrected chi connectivity index (χ1v) is 5.84. The molecule has 0 amide bonds. The number of hydrogen-bond donors (Lipinski definition) is 0. The monoisotopic (exact) mass is 400 g/mol. The standard InChI is InChI=1S/C9H4Br2F6O/c10-4-1-5(11)3-6(2-4)18-9(16,17)7(12)8(13,14)15/h1-3,7H. The maximum absolute atomic E-state index is 12.9. The second-order valence-corrected chi connectivity index (χ2v) is 5.00. The van der Waals surface area contributed by atoms with Crippen LogP contribution in [0.25, 0.3) is 0 Å². The van der Waals surface area contributed by atoms with Crippen molar-refractivity contribution < 1.29 is 31.1 Å². The van der Waals surface area contributed by atoms with Crippen molar-refractivity contribution in [2.24, 2.45) is 0 Å². The molecule has 0 bridgehead atoms. The molecule has 102 valence electrons. The summed E-state index contributed by atoms with van der Waals surface area (Å²) >= 11 is 5.85. The van der Waals surface area contributed by atoms with E-state index >= 15 is 0 Å². The first kappa shape index (κ1) is 15.6. The first-order chi connectivity index (χ1) is 8.02. The number of halogens is 8. The highest BCUT2D eigenvalue weighted by Crippen LogP contribution is 2.37. The molecule has 0 aliphatic rings. The van der Waals surface area contributed by atoms with Crippen LogP contribution in [0.15, 0.2) is 27.1 Å². The Morgan fingerprint density at radius 2 is 1.39 bits per heavy atom. The van der Waals surface area contributed by atoms with E-state index in [1.165, 1.54) is 6.07 Å². The molecular formula is C9H4Br2F6O. The molecule has 1 aromatic rings. The zero-order chi connectivity index (χ0) is 14.1. The molecule has 18 heavy (non-hydrogen) atoms. The van der Waals surface area contributed by atoms with Gasteiger partial charge in [-0.25, -0.2) is 4.39 Å². The number of alkyl halides is 6. The summed E-state index contributed by atoms with van der Waals surface area (Å²) in [6, 6.07) is 3.42. The van der Waals surface area contributed by atoms with E-state index in [0.29, 0.717) is 0 Å². The fourth-order valence-electron chi connectivity index (χ4n) is 0.987. The van der Waals surface area contributed by atoms with Crippen LogP contribution in [0.1, 0.15) is 0 Å². The van der Waals surface area contributed by atoms with Crippen molar-refractivity contribution in [3.05, 3.63) is 27.1 Å². The molecule has 0 radical (unpaired) electrons. The predicted molar refractivity (Wildman–Crippen MR) is 58.4 cm³/mol. The van der Waals surface area contributed by atoms with Crippen molar-refractivity contribution in [1.29, 1.82) is 0 Å². The van der Waals surface area contributed by atoms with Crippen molar-refractivity contribution in [2.75, 3.05) is 0 Å². The van der Waals surface area contributed by atoms with Gasteiger partial charge in [-0.05, 0) is 18.2 Å². The molecule has 0 heterocycles. The molecule has 0 aromatic heterocycles. The van der Waals surface area contributed by atoms with Gasteiger partial charge in [0.15, 0.2) is 0 Å². The highest BCUT2D eigenvalue weighted by molar-refractivity contribution is 9.11. The van der Waals surface area contributed by atoms with Crippen LogP contribution < -0.4 is 4.74 Å². The van der Waals surface area contributed by atoms with Gasteiger partial charge in [-0.15, -0.1) is 0 Å². The van der Waals surface area contributed by atoms with Crippen molar-refractivity contribution in [1.82, 2.24) is 0 Å². The molecule has 0 saturated heterocycles. The summed E-state index contributed by atoms with van der Waals surface area (Å²) in [6.07, 6.45) is -15.1. The normalized spacial score (nSPS) is 14.4. The van der Waals surface area contributed by atoms with Gasteiger partial charge in [0.05, 0.1) is 0 Å². The van der Waals surface area contributed by atoms with Crippen molar-refractivity contribution >= 4 is 31.9 Å². The molecule has 0 aliphatic carbocycles. The van der Waals surface area contributed by atoms with Gasteiger partial charge in [0.2, 0.25) is 0 Å². The molecule has 1 rings (SSSR count). The van der Waals surface area contributed by atoms with Gasteiger partial charge in [0, 0.05) is 8.95 Å². The van der Waals surface area contributed by atoms with Gasteiger partial charge < -0.3 is 4.74 Å². The van der Waals surface area contributed by atoms with Gasteiger partial charge in [0.25, 0.3) is 6.17 Å². The molecular weight excluding hydrogens is 398 g/mol. The van der Waals surface area contributed by atoms with Gasteiger partial charge in [-0.1, -0.05) is 31.9 Å². The Morgan fingerprint density at radius 1 is 0.944 bits per heavy atom. The molecule has 1 aromatic carbocycles. The van der Waals surface area contributed by atoms with E-state index in [4.69, 9.17) is 0 Å². The second-order valence-electron chi connectivity index (χ2n) is 3.17.